The predicted octanol–water partition coefficient (Wildman–Crippen LogP) is 22.6. The van der Waals surface area contributed by atoms with Crippen LogP contribution in [0.2, 0.25) is 0 Å². The summed E-state index contributed by atoms with van der Waals surface area (Å²) < 4.78 is 0. The van der Waals surface area contributed by atoms with Gasteiger partial charge in [-0.05, 0) is 21.2 Å². The molecular formula is C96H88P4Pd4-12. The van der Waals surface area contributed by atoms with Crippen molar-refractivity contribution in [3.63, 3.8) is 0 Å². The number of benzene rings is 16. The van der Waals surface area contributed by atoms with E-state index in [0.29, 0.717) is 0 Å². The Kier molecular flexibility index (Phi) is 89.4. The summed E-state index contributed by atoms with van der Waals surface area (Å²) in [5.41, 5.74) is 0. The molecule has 4 atom stereocenters. The van der Waals surface area contributed by atoms with Gasteiger partial charge in [0.2, 0.25) is 0 Å². The molecule has 0 spiro atoms. The molecule has 4 unspecified atom stereocenters. The molecule has 0 saturated heterocycles. The molecule has 0 aliphatic heterocycles. The number of hydrogen-bond acceptors (Lipinski definition) is 0. The first-order valence-electron chi connectivity index (χ1n) is 31.7. The van der Waals surface area contributed by atoms with Gasteiger partial charge < -0.3 is 0 Å². The van der Waals surface area contributed by atoms with Crippen molar-refractivity contribution in [3.8, 4) is 0 Å². The fourth-order valence-corrected chi connectivity index (χ4v) is 6.80. The van der Waals surface area contributed by atoms with Crippen molar-refractivity contribution in [1.82, 2.24) is 0 Å². The maximum Gasteiger partial charge on any atom is 0 e. The van der Waals surface area contributed by atoms with Crippen molar-refractivity contribution < 1.29 is 81.7 Å². The van der Waals surface area contributed by atoms with Gasteiger partial charge in [0.15, 0.2) is 0 Å². The van der Waals surface area contributed by atoms with Gasteiger partial charge in [-0.1, -0.05) is 121 Å². The average molecular weight is 1790 g/mol. The molecule has 16 rings (SSSR count). The first-order valence-corrected chi connectivity index (χ1v) is 34.0. The van der Waals surface area contributed by atoms with Crippen LogP contribution in [0.1, 0.15) is 0 Å². The molecule has 0 heterocycles. The molecule has 0 saturated carbocycles. The van der Waals surface area contributed by atoms with Crippen LogP contribution in [0.25, 0.3) is 0 Å². The quantitative estimate of drug-likeness (QED) is 0.0806. The monoisotopic (exact) mass is 1790 g/mol. The van der Waals surface area contributed by atoms with Crippen molar-refractivity contribution in [2.45, 2.75) is 0 Å². The predicted molar refractivity (Wildman–Crippen MR) is 446 cm³/mol. The molecule has 0 amide bonds. The first-order chi connectivity index (χ1) is 49.6. The van der Waals surface area contributed by atoms with Crippen LogP contribution in [0, 0.1) is 72.8 Å². The minimum atomic E-state index is 0. The van der Waals surface area contributed by atoms with Gasteiger partial charge in [0.05, 0.1) is 0 Å². The molecule has 8 heteroatoms. The van der Waals surface area contributed by atoms with Gasteiger partial charge in [0, 0.05) is 81.7 Å². The summed E-state index contributed by atoms with van der Waals surface area (Å²) in [5.74, 6) is 0. The molecule has 0 bridgehead atoms. The van der Waals surface area contributed by atoms with Crippen molar-refractivity contribution in [1.29, 1.82) is 0 Å². The molecule has 0 aromatic heterocycles. The third kappa shape index (κ3) is 88.1. The fourth-order valence-electron chi connectivity index (χ4n) is 5.92. The maximum atomic E-state index is 2.89. The van der Waals surface area contributed by atoms with Gasteiger partial charge in [-0.15, -0.1) is 37.0 Å². The summed E-state index contributed by atoms with van der Waals surface area (Å²) in [4.78, 5) is 0. The summed E-state index contributed by atoms with van der Waals surface area (Å²) >= 11 is 0. The molecule has 0 aliphatic rings. The van der Waals surface area contributed by atoms with Gasteiger partial charge in [-0.3, -0.25) is 0 Å². The summed E-state index contributed by atoms with van der Waals surface area (Å²) in [6, 6.07) is 191. The summed E-state index contributed by atoms with van der Waals surface area (Å²) in [5, 5.41) is 4.95. The van der Waals surface area contributed by atoms with Crippen molar-refractivity contribution in [2.75, 3.05) is 0 Å². The van der Waals surface area contributed by atoms with E-state index in [1.165, 1.54) is 21.2 Å². The van der Waals surface area contributed by atoms with Crippen molar-refractivity contribution >= 4 is 58.2 Å². The number of rotatable bonds is 0. The Balaban J connectivity index is -0.000000512. The van der Waals surface area contributed by atoms with Crippen LogP contribution in [0.3, 0.4) is 0 Å². The maximum absolute atomic E-state index is 2.89. The Labute approximate surface area is 691 Å². The van der Waals surface area contributed by atoms with Crippen LogP contribution in [0.15, 0.2) is 485 Å². The fraction of sp³-hybridized carbons (Fsp3) is 0. The van der Waals surface area contributed by atoms with Crippen molar-refractivity contribution in [2.24, 2.45) is 0 Å². The van der Waals surface area contributed by atoms with Gasteiger partial charge in [0.1, 0.15) is 0 Å². The van der Waals surface area contributed by atoms with E-state index in [2.05, 4.69) is 110 Å². The van der Waals surface area contributed by atoms with Crippen LogP contribution in [0.4, 0.5) is 0 Å². The Bertz CT molecular complexity index is 2710. The van der Waals surface area contributed by atoms with E-state index in [-0.39, 0.29) is 81.7 Å². The van der Waals surface area contributed by atoms with Gasteiger partial charge in [-0.2, -0.15) is 437 Å². The van der Waals surface area contributed by atoms with Gasteiger partial charge >= 0.3 is 0 Å². The van der Waals surface area contributed by atoms with E-state index in [1.54, 1.807) is 0 Å². The van der Waals surface area contributed by atoms with Crippen LogP contribution >= 0.6 is 37.0 Å². The molecule has 0 radical (unpaired) electrons. The Morgan fingerprint density at radius 3 is 0.202 bits per heavy atom. The second kappa shape index (κ2) is 91.0. The summed E-state index contributed by atoms with van der Waals surface area (Å²) in [6.07, 6.45) is 0. The van der Waals surface area contributed by atoms with Crippen LogP contribution in [-0.4, -0.2) is 0 Å². The van der Waals surface area contributed by atoms with E-state index in [1.807, 2.05) is 485 Å². The van der Waals surface area contributed by atoms with Gasteiger partial charge in [0.25, 0.3) is 0 Å². The van der Waals surface area contributed by atoms with Crippen LogP contribution < -0.4 is 21.2 Å². The van der Waals surface area contributed by atoms with E-state index in [0.717, 1.165) is 0 Å². The molecule has 0 N–H and O–H groups in total. The first kappa shape index (κ1) is 102. The molecule has 104 heavy (non-hydrogen) atoms. The standard InChI is InChI=1S/4C6H7P.12C6H5.4Pd/c4*7-6-4-2-1-3-5-6;12*1-2-4-6-5-3-1;;;;/h4*1-5H,7H2;12*1-5H;;;;/q;;;;12*-1;;;;. The second-order valence-corrected chi connectivity index (χ2v) is 21.2. The zero-order valence-corrected chi connectivity index (χ0v) is 68.6. The normalized spacial score (nSPS) is 7.88. The second-order valence-electron chi connectivity index (χ2n) is 18.6. The molecule has 0 nitrogen and oxygen atoms in total. The van der Waals surface area contributed by atoms with Gasteiger partial charge in [-0.25, -0.2) is 0 Å². The van der Waals surface area contributed by atoms with E-state index in [9.17, 15) is 0 Å². The van der Waals surface area contributed by atoms with E-state index < -0.39 is 0 Å². The van der Waals surface area contributed by atoms with E-state index >= 15 is 0 Å². The Morgan fingerprint density at radius 2 is 0.173 bits per heavy atom. The molecule has 16 aromatic rings. The smallest absolute Gasteiger partial charge is 0 e. The average Bonchev–Trinajstić information content (AvgIpc) is 3.56. The SMILES string of the molecule is Pc1ccccc1.Pc1ccccc1.Pc1ccccc1.Pc1ccccc1.[Pd].[Pd].[Pd].[Pd].[c-]1ccccc1.[c-]1ccccc1.[c-]1ccccc1.[c-]1ccccc1.[c-]1ccccc1.[c-]1ccccc1.[c-]1ccccc1.[c-]1ccccc1.[c-]1ccccc1.[c-]1ccccc1.[c-]1ccccc1.[c-]1ccccc1. The molecule has 16 aromatic carbocycles. The third-order valence-corrected chi connectivity index (χ3v) is 12.0. The Hall–Kier alpha value is -8.11. The zero-order chi connectivity index (χ0) is 71.4. The molecule has 0 aliphatic carbocycles. The minimum absolute atomic E-state index is 0. The topological polar surface area (TPSA) is 0 Å². The van der Waals surface area contributed by atoms with Crippen LogP contribution in [0.5, 0.6) is 0 Å². The number of hydrogen-bond donors (Lipinski definition) is 0. The van der Waals surface area contributed by atoms with Crippen LogP contribution in [-0.2, 0) is 81.7 Å². The summed E-state index contributed by atoms with van der Waals surface area (Å²) in [6.45, 7) is 0. The third-order valence-electron chi connectivity index (χ3n) is 10.5. The van der Waals surface area contributed by atoms with Crippen molar-refractivity contribution in [3.05, 3.63) is 558 Å². The Morgan fingerprint density at radius 1 is 0.106 bits per heavy atom. The summed E-state index contributed by atoms with van der Waals surface area (Å²) in [7, 11) is 10.5. The molecule has 544 valence electrons. The minimum Gasteiger partial charge on any atom is -0.184 e. The zero-order valence-electron chi connectivity index (χ0n) is 57.8. The molecular weight excluding hydrogens is 1700 g/mol. The van der Waals surface area contributed by atoms with E-state index in [4.69, 9.17) is 0 Å². The largest absolute Gasteiger partial charge is 0.184 e. The molecule has 0 fully saturated rings.